The first kappa shape index (κ1) is 21.9. The Hall–Kier alpha value is -2.27. The highest BCUT2D eigenvalue weighted by Gasteiger charge is 2.29. The second-order valence-electron chi connectivity index (χ2n) is 9.18. The fourth-order valence-corrected chi connectivity index (χ4v) is 4.59. The smallest absolute Gasteiger partial charge is 0.140 e. The van der Waals surface area contributed by atoms with E-state index in [4.69, 9.17) is 14.7 Å². The van der Waals surface area contributed by atoms with Gasteiger partial charge in [-0.3, -0.25) is 4.98 Å². The molecule has 4 heterocycles. The predicted molar refractivity (Wildman–Crippen MR) is 126 cm³/mol. The molecule has 0 aliphatic carbocycles. The van der Waals surface area contributed by atoms with Crippen LogP contribution in [0.5, 0.6) is 0 Å². The summed E-state index contributed by atoms with van der Waals surface area (Å²) in [6.45, 7) is 9.22. The number of fused-ring (bicyclic) bond motifs is 1. The van der Waals surface area contributed by atoms with Gasteiger partial charge in [0.05, 0.1) is 5.69 Å². The Morgan fingerprint density at radius 1 is 1.23 bits per heavy atom. The Kier molecular flexibility index (Phi) is 7.33. The van der Waals surface area contributed by atoms with Crippen LogP contribution in [0.25, 0.3) is 0 Å². The molecule has 5 heteroatoms. The van der Waals surface area contributed by atoms with E-state index in [2.05, 4.69) is 54.9 Å². The standard InChI is InChI=1S/C26H36N4O/c1-4-5-9-24-23-11-15-30(22-10-14-27-21(18-22)8-6-7-19(2)3)26(23)29-25(28-24)20-12-16-31-17-13-20/h4-5,10,14,18-20H,6-9,11-13,15-17H2,1-3H3. The summed E-state index contributed by atoms with van der Waals surface area (Å²) in [6, 6.07) is 4.39. The summed E-state index contributed by atoms with van der Waals surface area (Å²) in [4.78, 5) is 17.2. The van der Waals surface area contributed by atoms with Crippen molar-refractivity contribution < 1.29 is 4.74 Å². The highest BCUT2D eigenvalue weighted by atomic mass is 16.5. The first-order valence-electron chi connectivity index (χ1n) is 12.0. The number of ether oxygens (including phenoxy) is 1. The summed E-state index contributed by atoms with van der Waals surface area (Å²) in [5.74, 6) is 3.24. The van der Waals surface area contributed by atoms with Crippen LogP contribution in [0.3, 0.4) is 0 Å². The number of hydrogen-bond donors (Lipinski definition) is 0. The lowest BCUT2D eigenvalue weighted by Crippen LogP contribution is -2.19. The van der Waals surface area contributed by atoms with E-state index in [0.717, 1.165) is 69.4 Å². The Morgan fingerprint density at radius 3 is 2.84 bits per heavy atom. The summed E-state index contributed by atoms with van der Waals surface area (Å²) in [7, 11) is 0. The van der Waals surface area contributed by atoms with Gasteiger partial charge in [0, 0.05) is 55.2 Å². The molecule has 2 aromatic heterocycles. The zero-order chi connectivity index (χ0) is 21.6. The minimum absolute atomic E-state index is 0.398. The van der Waals surface area contributed by atoms with Crippen molar-refractivity contribution in [1.82, 2.24) is 15.0 Å². The van der Waals surface area contributed by atoms with Gasteiger partial charge in [-0.05, 0) is 57.1 Å². The zero-order valence-electron chi connectivity index (χ0n) is 19.3. The third-order valence-corrected chi connectivity index (χ3v) is 6.39. The average molecular weight is 421 g/mol. The lowest BCUT2D eigenvalue weighted by atomic mass is 9.98. The summed E-state index contributed by atoms with van der Waals surface area (Å²) >= 11 is 0. The van der Waals surface area contributed by atoms with Gasteiger partial charge in [0.25, 0.3) is 0 Å². The molecule has 2 aliphatic rings. The van der Waals surface area contributed by atoms with Gasteiger partial charge in [-0.1, -0.05) is 32.4 Å². The Morgan fingerprint density at radius 2 is 2.06 bits per heavy atom. The number of nitrogens with zero attached hydrogens (tertiary/aromatic N) is 4. The Balaban J connectivity index is 1.63. The Labute approximate surface area is 187 Å². The normalized spacial score (nSPS) is 17.1. The summed E-state index contributed by atoms with van der Waals surface area (Å²) in [6.07, 6.45) is 13.6. The average Bonchev–Trinajstić information content (AvgIpc) is 3.22. The fraction of sp³-hybridized carbons (Fsp3) is 0.577. The molecule has 0 atom stereocenters. The molecule has 2 aromatic rings. The van der Waals surface area contributed by atoms with Crippen molar-refractivity contribution in [2.45, 2.75) is 71.6 Å². The first-order chi connectivity index (χ1) is 15.2. The van der Waals surface area contributed by atoms with Gasteiger partial charge in [-0.25, -0.2) is 9.97 Å². The van der Waals surface area contributed by atoms with Crippen LogP contribution >= 0.6 is 0 Å². The van der Waals surface area contributed by atoms with E-state index in [1.165, 1.54) is 35.5 Å². The van der Waals surface area contributed by atoms with Gasteiger partial charge in [0.15, 0.2) is 0 Å². The van der Waals surface area contributed by atoms with Crippen LogP contribution in [0.15, 0.2) is 30.5 Å². The topological polar surface area (TPSA) is 51.1 Å². The molecule has 5 nitrogen and oxygen atoms in total. The number of rotatable bonds is 8. The van der Waals surface area contributed by atoms with Crippen molar-refractivity contribution in [3.8, 4) is 0 Å². The minimum Gasteiger partial charge on any atom is -0.381 e. The SMILES string of the molecule is CC=CCc1nc(C2CCOCC2)nc2c1CCN2c1ccnc(CCCC(C)C)c1. The van der Waals surface area contributed by atoms with Crippen molar-refractivity contribution >= 4 is 11.5 Å². The second-order valence-corrected chi connectivity index (χ2v) is 9.18. The maximum absolute atomic E-state index is 5.58. The molecule has 4 rings (SSSR count). The second kappa shape index (κ2) is 10.4. The number of aryl methyl sites for hydroxylation is 1. The van der Waals surface area contributed by atoms with Crippen molar-refractivity contribution in [2.24, 2.45) is 5.92 Å². The fourth-order valence-electron chi connectivity index (χ4n) is 4.59. The lowest BCUT2D eigenvalue weighted by Gasteiger charge is -2.24. The van der Waals surface area contributed by atoms with E-state index in [1.807, 2.05) is 6.20 Å². The molecule has 0 N–H and O–H groups in total. The molecule has 31 heavy (non-hydrogen) atoms. The van der Waals surface area contributed by atoms with Crippen molar-refractivity contribution in [3.63, 3.8) is 0 Å². The van der Waals surface area contributed by atoms with Crippen LogP contribution in [-0.4, -0.2) is 34.7 Å². The first-order valence-corrected chi connectivity index (χ1v) is 12.0. The van der Waals surface area contributed by atoms with Crippen LogP contribution in [0, 0.1) is 5.92 Å². The summed E-state index contributed by atoms with van der Waals surface area (Å²) in [5.41, 5.74) is 4.90. The molecule has 0 bridgehead atoms. The number of allylic oxidation sites excluding steroid dienone is 2. The maximum atomic E-state index is 5.58. The molecule has 0 radical (unpaired) electrons. The molecule has 0 spiro atoms. The molecule has 2 aliphatic heterocycles. The minimum atomic E-state index is 0.398. The molecule has 0 unspecified atom stereocenters. The van der Waals surface area contributed by atoms with Crippen LogP contribution < -0.4 is 4.90 Å². The molecular weight excluding hydrogens is 384 g/mol. The van der Waals surface area contributed by atoms with Gasteiger partial charge in [-0.15, -0.1) is 0 Å². The molecule has 1 saturated heterocycles. The third kappa shape index (κ3) is 5.32. The molecule has 0 amide bonds. The summed E-state index contributed by atoms with van der Waals surface area (Å²) in [5, 5.41) is 0. The number of hydrogen-bond acceptors (Lipinski definition) is 5. The molecular formula is C26H36N4O. The van der Waals surface area contributed by atoms with E-state index in [0.29, 0.717) is 5.92 Å². The van der Waals surface area contributed by atoms with E-state index in [1.54, 1.807) is 0 Å². The predicted octanol–water partition coefficient (Wildman–Crippen LogP) is 5.56. The highest BCUT2D eigenvalue weighted by Crippen LogP contribution is 2.37. The number of anilines is 2. The van der Waals surface area contributed by atoms with E-state index in [-0.39, 0.29) is 0 Å². The van der Waals surface area contributed by atoms with Crippen LogP contribution in [0.1, 0.15) is 75.1 Å². The van der Waals surface area contributed by atoms with Crippen molar-refractivity contribution in [3.05, 3.63) is 53.3 Å². The molecule has 0 saturated carbocycles. The summed E-state index contributed by atoms with van der Waals surface area (Å²) < 4.78 is 5.58. The van der Waals surface area contributed by atoms with Gasteiger partial charge >= 0.3 is 0 Å². The number of aromatic nitrogens is 3. The van der Waals surface area contributed by atoms with Gasteiger partial charge < -0.3 is 9.64 Å². The van der Waals surface area contributed by atoms with E-state index >= 15 is 0 Å². The van der Waals surface area contributed by atoms with Crippen LogP contribution in [0.4, 0.5) is 11.5 Å². The highest BCUT2D eigenvalue weighted by molar-refractivity contribution is 5.67. The van der Waals surface area contributed by atoms with Gasteiger partial charge in [0.2, 0.25) is 0 Å². The lowest BCUT2D eigenvalue weighted by molar-refractivity contribution is 0.0835. The van der Waals surface area contributed by atoms with Crippen molar-refractivity contribution in [1.29, 1.82) is 0 Å². The quantitative estimate of drug-likeness (QED) is 0.524. The van der Waals surface area contributed by atoms with Crippen molar-refractivity contribution in [2.75, 3.05) is 24.7 Å². The van der Waals surface area contributed by atoms with E-state index in [9.17, 15) is 0 Å². The molecule has 166 valence electrons. The van der Waals surface area contributed by atoms with Gasteiger partial charge in [0.1, 0.15) is 11.6 Å². The third-order valence-electron chi connectivity index (χ3n) is 6.39. The van der Waals surface area contributed by atoms with Crippen LogP contribution in [0.2, 0.25) is 0 Å². The zero-order valence-corrected chi connectivity index (χ0v) is 19.3. The van der Waals surface area contributed by atoms with E-state index < -0.39 is 0 Å². The largest absolute Gasteiger partial charge is 0.381 e. The molecule has 1 fully saturated rings. The van der Waals surface area contributed by atoms with Crippen LogP contribution in [-0.2, 0) is 24.0 Å². The Bertz CT molecular complexity index is 902. The number of pyridine rings is 1. The van der Waals surface area contributed by atoms with Gasteiger partial charge in [-0.2, -0.15) is 0 Å². The maximum Gasteiger partial charge on any atom is 0.140 e. The molecule has 0 aromatic carbocycles. The monoisotopic (exact) mass is 420 g/mol.